The van der Waals surface area contributed by atoms with Crippen molar-refractivity contribution >= 4 is 17.7 Å². The maximum Gasteiger partial charge on any atom is 0.345 e. The highest BCUT2D eigenvalue weighted by Gasteiger charge is 2.23. The van der Waals surface area contributed by atoms with Gasteiger partial charge in [-0.3, -0.25) is 4.79 Å². The van der Waals surface area contributed by atoms with Crippen LogP contribution in [-0.4, -0.2) is 47.2 Å². The van der Waals surface area contributed by atoms with Crippen molar-refractivity contribution in [3.8, 4) is 0 Å². The van der Waals surface area contributed by atoms with Crippen LogP contribution in [0.1, 0.15) is 81.5 Å². The van der Waals surface area contributed by atoms with Gasteiger partial charge in [0.25, 0.3) is 5.91 Å². The predicted molar refractivity (Wildman–Crippen MR) is 112 cm³/mol. The molecule has 1 heterocycles. The molecule has 1 atom stereocenters. The van der Waals surface area contributed by atoms with Gasteiger partial charge in [-0.2, -0.15) is 13.8 Å². The van der Waals surface area contributed by atoms with Crippen molar-refractivity contribution in [2.45, 2.75) is 95.9 Å². The molecule has 0 bridgehead atoms. The topological polar surface area (TPSA) is 88.2 Å². The number of carbonyl (C=O) groups excluding carboxylic acids is 1. The average Bonchev–Trinajstić information content (AvgIpc) is 2.74. The van der Waals surface area contributed by atoms with E-state index in [0.29, 0.717) is 11.4 Å². The molecule has 1 amide bonds. The number of aromatic nitrogens is 2. The first-order valence-electron chi connectivity index (χ1n) is 11.1. The summed E-state index contributed by atoms with van der Waals surface area (Å²) in [5, 5.41) is 9.52. The molecule has 0 aliphatic heterocycles. The van der Waals surface area contributed by atoms with Crippen molar-refractivity contribution in [3.63, 3.8) is 0 Å². The Morgan fingerprint density at radius 3 is 2.37 bits per heavy atom. The maximum atomic E-state index is 12.9. The minimum Gasteiger partial charge on any atom is -0.367 e. The number of nitrogens with one attached hydrogen (secondary N) is 3. The molecule has 0 unspecified atom stereocenters. The Labute approximate surface area is 176 Å². The minimum atomic E-state index is -2.82. The Morgan fingerprint density at radius 2 is 1.73 bits per heavy atom. The van der Waals surface area contributed by atoms with Gasteiger partial charge in [-0.15, -0.1) is 0 Å². The molecule has 0 saturated heterocycles. The first kappa shape index (κ1) is 22.7. The van der Waals surface area contributed by atoms with Crippen LogP contribution in [0, 0.1) is 0 Å². The van der Waals surface area contributed by atoms with Gasteiger partial charge in [-0.1, -0.05) is 38.5 Å². The third-order valence-corrected chi connectivity index (χ3v) is 5.77. The van der Waals surface area contributed by atoms with Crippen molar-refractivity contribution in [3.05, 3.63) is 11.8 Å². The number of ether oxygens (including phenoxy) is 1. The molecule has 2 aliphatic carbocycles. The van der Waals surface area contributed by atoms with Crippen molar-refractivity contribution in [1.82, 2.24) is 15.3 Å². The summed E-state index contributed by atoms with van der Waals surface area (Å²) in [4.78, 5) is 21.7. The van der Waals surface area contributed by atoms with Gasteiger partial charge in [0.15, 0.2) is 0 Å². The van der Waals surface area contributed by atoms with Crippen LogP contribution < -0.4 is 16.0 Å². The van der Waals surface area contributed by atoms with Crippen LogP contribution in [-0.2, 0) is 4.74 Å². The Morgan fingerprint density at radius 1 is 1.10 bits per heavy atom. The zero-order chi connectivity index (χ0) is 21.3. The summed E-state index contributed by atoms with van der Waals surface area (Å²) in [7, 11) is 0. The van der Waals surface area contributed by atoms with Gasteiger partial charge < -0.3 is 20.7 Å². The minimum absolute atomic E-state index is 0.166. The molecular weight excluding hydrogens is 392 g/mol. The molecule has 0 aromatic carbocycles. The second-order valence-corrected chi connectivity index (χ2v) is 8.38. The van der Waals surface area contributed by atoms with Crippen molar-refractivity contribution in [2.24, 2.45) is 0 Å². The van der Waals surface area contributed by atoms with E-state index >= 15 is 0 Å². The van der Waals surface area contributed by atoms with Crippen LogP contribution in [0.15, 0.2) is 6.20 Å². The SMILES string of the molecule is C[C@H](COC(F)F)Nc1ncc(C(=O)NC2CCCCC2)c(NC2CCCCC2)n1. The number of anilines is 2. The first-order chi connectivity index (χ1) is 14.5. The largest absolute Gasteiger partial charge is 0.367 e. The van der Waals surface area contributed by atoms with Crippen LogP contribution >= 0.6 is 0 Å². The predicted octanol–water partition coefficient (Wildman–Crippen LogP) is 4.32. The monoisotopic (exact) mass is 425 g/mol. The van der Waals surface area contributed by atoms with Gasteiger partial charge in [-0.25, -0.2) is 4.98 Å². The molecule has 3 rings (SSSR count). The van der Waals surface area contributed by atoms with Crippen LogP contribution in [0.5, 0.6) is 0 Å². The molecule has 3 N–H and O–H groups in total. The lowest BCUT2D eigenvalue weighted by Crippen LogP contribution is -2.37. The summed E-state index contributed by atoms with van der Waals surface area (Å²) in [5.74, 6) is 0.614. The number of halogens is 2. The summed E-state index contributed by atoms with van der Waals surface area (Å²) >= 11 is 0. The molecule has 30 heavy (non-hydrogen) atoms. The molecule has 0 radical (unpaired) electrons. The van der Waals surface area contributed by atoms with E-state index in [-0.39, 0.29) is 30.5 Å². The van der Waals surface area contributed by atoms with Gasteiger partial charge in [-0.05, 0) is 32.6 Å². The summed E-state index contributed by atoms with van der Waals surface area (Å²) < 4.78 is 28.9. The van der Waals surface area contributed by atoms with Crippen LogP contribution in [0.4, 0.5) is 20.5 Å². The van der Waals surface area contributed by atoms with Crippen LogP contribution in [0.2, 0.25) is 0 Å². The fourth-order valence-corrected chi connectivity index (χ4v) is 4.16. The molecule has 1 aromatic heterocycles. The standard InChI is InChI=1S/C21H33F2N5O2/c1-14(13-30-20(22)23)25-21-24-12-17(19(29)27-16-10-6-3-7-11-16)18(28-21)26-15-8-4-2-5-9-15/h12,14-16,20H,2-11,13H2,1H3,(H,27,29)(H2,24,25,26,28)/t14-/m1/s1. The molecule has 2 saturated carbocycles. The van der Waals surface area contributed by atoms with Gasteiger partial charge in [0.05, 0.1) is 6.61 Å². The molecule has 7 nitrogen and oxygen atoms in total. The van der Waals surface area contributed by atoms with E-state index in [4.69, 9.17) is 0 Å². The van der Waals surface area contributed by atoms with Crippen molar-refractivity contribution in [1.29, 1.82) is 0 Å². The summed E-state index contributed by atoms with van der Waals surface area (Å²) in [6, 6.07) is 0.0591. The molecular formula is C21H33F2N5O2. The number of nitrogens with zero attached hydrogens (tertiary/aromatic N) is 2. The summed E-state index contributed by atoms with van der Waals surface area (Å²) in [6.07, 6.45) is 12.6. The molecule has 1 aromatic rings. The lowest BCUT2D eigenvalue weighted by Gasteiger charge is -2.26. The van der Waals surface area contributed by atoms with E-state index < -0.39 is 12.7 Å². The zero-order valence-electron chi connectivity index (χ0n) is 17.6. The van der Waals surface area contributed by atoms with Gasteiger partial charge in [0, 0.05) is 24.3 Å². The lowest BCUT2D eigenvalue weighted by atomic mass is 9.95. The normalized spacial score (nSPS) is 19.5. The molecule has 2 fully saturated rings. The van der Waals surface area contributed by atoms with E-state index in [9.17, 15) is 13.6 Å². The zero-order valence-corrected chi connectivity index (χ0v) is 17.6. The Balaban J connectivity index is 1.71. The number of hydrogen-bond donors (Lipinski definition) is 3. The highest BCUT2D eigenvalue weighted by atomic mass is 19.3. The van der Waals surface area contributed by atoms with Crippen LogP contribution in [0.25, 0.3) is 0 Å². The second-order valence-electron chi connectivity index (χ2n) is 8.38. The van der Waals surface area contributed by atoms with E-state index in [0.717, 1.165) is 51.4 Å². The third kappa shape index (κ3) is 7.04. The highest BCUT2D eigenvalue weighted by molar-refractivity contribution is 5.98. The molecule has 2 aliphatic rings. The number of carbonyl (C=O) groups is 1. The van der Waals surface area contributed by atoms with Crippen molar-refractivity contribution < 1.29 is 18.3 Å². The Hall–Kier alpha value is -2.03. The average molecular weight is 426 g/mol. The van der Waals surface area contributed by atoms with Gasteiger partial charge in [0.1, 0.15) is 11.4 Å². The number of hydrogen-bond acceptors (Lipinski definition) is 6. The van der Waals surface area contributed by atoms with Crippen LogP contribution in [0.3, 0.4) is 0 Å². The van der Waals surface area contributed by atoms with E-state index in [1.807, 2.05) is 0 Å². The Kier molecular flexibility index (Phi) is 8.60. The summed E-state index contributed by atoms with van der Waals surface area (Å²) in [5.41, 5.74) is 0.424. The first-order valence-corrected chi connectivity index (χ1v) is 11.1. The number of rotatable bonds is 9. The quantitative estimate of drug-likeness (QED) is 0.546. The second kappa shape index (κ2) is 11.4. The molecule has 9 heteroatoms. The number of alkyl halides is 2. The van der Waals surface area contributed by atoms with E-state index in [1.165, 1.54) is 19.0 Å². The van der Waals surface area contributed by atoms with E-state index in [2.05, 4.69) is 30.7 Å². The molecule has 0 spiro atoms. The van der Waals surface area contributed by atoms with Gasteiger partial charge >= 0.3 is 6.61 Å². The van der Waals surface area contributed by atoms with Gasteiger partial charge in [0.2, 0.25) is 5.95 Å². The third-order valence-electron chi connectivity index (χ3n) is 5.77. The Bertz CT molecular complexity index is 679. The lowest BCUT2D eigenvalue weighted by molar-refractivity contribution is -0.130. The highest BCUT2D eigenvalue weighted by Crippen LogP contribution is 2.24. The maximum absolute atomic E-state index is 12.9. The smallest absolute Gasteiger partial charge is 0.345 e. The fourth-order valence-electron chi connectivity index (χ4n) is 4.16. The fraction of sp³-hybridized carbons (Fsp3) is 0.762. The summed E-state index contributed by atoms with van der Waals surface area (Å²) in [6.45, 7) is -1.27. The number of amides is 1. The van der Waals surface area contributed by atoms with E-state index in [1.54, 1.807) is 6.92 Å². The van der Waals surface area contributed by atoms with Crippen molar-refractivity contribution in [2.75, 3.05) is 17.2 Å². The molecule has 168 valence electrons.